The predicted octanol–water partition coefficient (Wildman–Crippen LogP) is 3.81. The van der Waals surface area contributed by atoms with E-state index < -0.39 is 95.2 Å². The highest BCUT2D eigenvalue weighted by Crippen LogP contribution is 2.33. The van der Waals surface area contributed by atoms with Crippen molar-refractivity contribution in [3.8, 4) is 5.75 Å². The standard InChI is InChI=1S/C72H101N13O14S/c1-46(2)35-58-63(90)41-50(66(73)91)19-11-12-29-85-43-53(83-84-85)39-52(40-56(88)44-99-34-33-98-32-31-97-30-14-21-54(86)20-9-10-23-64-65-61(45-100-64)81-72(96)82-65)68(93)77-57(22-13-28-76-71(74)75)62(89)42-51(36-47-15-5-3-6-16-47)67(92)79-59(37-48-17-7-4-8-18-48)70(95)80-60(69(94)78-58)38-49-24-26-55(87)27-25-49/h3-8,15-18,24-27,43,46,50-52,57-61,64-65,87H,9-14,19-23,28-42,44-45H2,1-2H3,(H2,73,91)(H,77,93)(H,78,94)(H,79,92)(H,80,95)(H4,74,75,76)(H2,81,82,96)/t50-,51+,52-,57-,58-,59-,60-,61+,64+,65+/m1/s1. The number of Topliss-reactive ketones (excluding diaryl/α,β-unsaturated/α-hetero) is 4. The number of unbranched alkanes of at least 4 members (excludes halogenated alkanes) is 1. The molecule has 0 spiro atoms. The van der Waals surface area contributed by atoms with Crippen LogP contribution in [-0.2, 0) is 89.6 Å². The molecule has 27 nitrogen and oxygen atoms in total. The summed E-state index contributed by atoms with van der Waals surface area (Å²) in [6, 6.07) is 19.1. The molecule has 2 fully saturated rings. The van der Waals surface area contributed by atoms with Crippen LogP contribution in [-0.4, -0.2) is 178 Å². The summed E-state index contributed by atoms with van der Waals surface area (Å²) in [6.45, 7) is 4.91. The molecule has 3 aromatic carbocycles. The number of primary amides is 1. The van der Waals surface area contributed by atoms with E-state index in [1.54, 1.807) is 83.7 Å². The number of hydrogen-bond donors (Lipinski definition) is 10. The first-order valence-corrected chi connectivity index (χ1v) is 36.0. The molecule has 4 heterocycles. The molecule has 3 aliphatic heterocycles. The highest BCUT2D eigenvalue weighted by molar-refractivity contribution is 8.00. The monoisotopic (exact) mass is 1400 g/mol. The average molecular weight is 1400 g/mol. The normalized spacial score (nSPS) is 23.1. The van der Waals surface area contributed by atoms with Gasteiger partial charge in [-0.3, -0.25) is 52.8 Å². The number of aromatic nitrogens is 3. The van der Waals surface area contributed by atoms with Gasteiger partial charge in [0.2, 0.25) is 29.5 Å². The third kappa shape index (κ3) is 27.8. The summed E-state index contributed by atoms with van der Waals surface area (Å²) in [7, 11) is 0. The average Bonchev–Trinajstić information content (AvgIpc) is 1.63. The molecule has 2 bridgehead atoms. The number of nitrogens with one attached hydrogen (secondary N) is 6. The molecular weight excluding hydrogens is 1300 g/mol. The van der Waals surface area contributed by atoms with Crippen LogP contribution in [0.15, 0.2) is 96.1 Å². The van der Waals surface area contributed by atoms with Gasteiger partial charge in [-0.1, -0.05) is 105 Å². The smallest absolute Gasteiger partial charge is 0.315 e. The summed E-state index contributed by atoms with van der Waals surface area (Å²) in [4.78, 5) is 144. The topological polar surface area (TPSA) is 412 Å². The Bertz CT molecular complexity index is 3340. The van der Waals surface area contributed by atoms with Crippen molar-refractivity contribution in [2.45, 2.75) is 184 Å². The third-order valence-electron chi connectivity index (χ3n) is 17.9. The number of phenolic OH excluding ortho intramolecular Hbond substituents is 1. The lowest BCUT2D eigenvalue weighted by Crippen LogP contribution is -2.57. The summed E-state index contributed by atoms with van der Waals surface area (Å²) in [5.41, 5.74) is 19.5. The van der Waals surface area contributed by atoms with E-state index in [1.165, 1.54) is 12.1 Å². The molecule has 7 amide bonds. The number of carbonyl (C=O) groups excluding carboxylic acids is 10. The fraction of sp³-hybridized carbons (Fsp3) is 0.569. The lowest BCUT2D eigenvalue weighted by atomic mass is 9.89. The Labute approximate surface area is 588 Å². The first-order valence-electron chi connectivity index (χ1n) is 35.0. The van der Waals surface area contributed by atoms with Crippen molar-refractivity contribution in [2.24, 2.45) is 45.9 Å². The predicted molar refractivity (Wildman–Crippen MR) is 376 cm³/mol. The van der Waals surface area contributed by atoms with Gasteiger partial charge in [-0.2, -0.15) is 11.8 Å². The minimum Gasteiger partial charge on any atom is -0.508 e. The van der Waals surface area contributed by atoms with Crippen LogP contribution in [0.25, 0.3) is 0 Å². The Morgan fingerprint density at radius 1 is 0.620 bits per heavy atom. The van der Waals surface area contributed by atoms with Crippen LogP contribution in [0.2, 0.25) is 0 Å². The zero-order valence-electron chi connectivity index (χ0n) is 57.5. The molecule has 0 radical (unpaired) electrons. The molecule has 0 saturated carbocycles. The van der Waals surface area contributed by atoms with Crippen LogP contribution < -0.4 is 49.1 Å². The van der Waals surface area contributed by atoms with Gasteiger partial charge in [0.1, 0.15) is 30.2 Å². The van der Waals surface area contributed by atoms with Crippen molar-refractivity contribution in [2.75, 3.05) is 51.9 Å². The van der Waals surface area contributed by atoms with E-state index in [-0.39, 0.29) is 145 Å². The lowest BCUT2D eigenvalue weighted by Gasteiger charge is -2.28. The van der Waals surface area contributed by atoms with Gasteiger partial charge < -0.3 is 68.4 Å². The Hall–Kier alpha value is -8.60. The second kappa shape index (κ2) is 41.8. The molecule has 3 aliphatic rings. The minimum absolute atomic E-state index is 0.0134. The van der Waals surface area contributed by atoms with Gasteiger partial charge in [-0.15, -0.1) is 5.10 Å². The van der Waals surface area contributed by atoms with E-state index >= 15 is 14.4 Å². The van der Waals surface area contributed by atoms with E-state index in [4.69, 9.17) is 31.4 Å². The minimum atomic E-state index is -1.35. The fourth-order valence-electron chi connectivity index (χ4n) is 12.6. The molecule has 544 valence electrons. The number of carbonyl (C=O) groups is 10. The van der Waals surface area contributed by atoms with Gasteiger partial charge in [-0.05, 0) is 92.5 Å². The maximum absolute atomic E-state index is 15.1. The van der Waals surface area contributed by atoms with Crippen molar-refractivity contribution in [1.29, 1.82) is 0 Å². The van der Waals surface area contributed by atoms with Crippen LogP contribution in [0.1, 0.15) is 133 Å². The number of benzene rings is 3. The van der Waals surface area contributed by atoms with Gasteiger partial charge >= 0.3 is 6.03 Å². The van der Waals surface area contributed by atoms with E-state index in [2.05, 4.69) is 47.2 Å². The number of fused-ring (bicyclic) bond motifs is 3. The maximum atomic E-state index is 15.1. The Kier molecular flexibility index (Phi) is 32.9. The van der Waals surface area contributed by atoms with Crippen LogP contribution >= 0.6 is 11.8 Å². The lowest BCUT2D eigenvalue weighted by molar-refractivity contribution is -0.136. The number of thioether (sulfide) groups is 1. The number of ether oxygens (including phenoxy) is 3. The Balaban J connectivity index is 1.06. The third-order valence-corrected chi connectivity index (χ3v) is 19.4. The summed E-state index contributed by atoms with van der Waals surface area (Å²) in [5.74, 6) is -7.35. The van der Waals surface area contributed by atoms with Crippen molar-refractivity contribution in [1.82, 2.24) is 46.9 Å². The molecule has 28 heteroatoms. The number of aliphatic imine (C=N–C) groups is 1. The number of aryl methyl sites for hydroxylation is 1. The number of phenols is 1. The van der Waals surface area contributed by atoms with E-state index in [0.29, 0.717) is 72.9 Å². The van der Waals surface area contributed by atoms with Gasteiger partial charge in [0.05, 0.1) is 62.2 Å². The van der Waals surface area contributed by atoms with Crippen LogP contribution in [0.4, 0.5) is 4.79 Å². The molecular formula is C72H101N13O14S. The number of ketones is 4. The zero-order chi connectivity index (χ0) is 71.8. The summed E-state index contributed by atoms with van der Waals surface area (Å²) < 4.78 is 18.6. The van der Waals surface area contributed by atoms with Gasteiger partial charge in [0.15, 0.2) is 23.3 Å². The van der Waals surface area contributed by atoms with Crippen molar-refractivity contribution in [3.05, 3.63) is 114 Å². The molecule has 7 rings (SSSR count). The SMILES string of the molecule is CC(C)C[C@H]1NC(=O)[C@@H](Cc2ccc(O)cc2)NC(=O)[C@@H](Cc2ccccc2)NC(=O)[C@@H](Cc2ccccc2)CC(=O)[C@@H](CCCN=C(N)N)NC(=O)[C@@H](CC(=O)COCCOCCOCCCC(=O)CCCC[C@@H]2SC[C@@H]3NC(=O)N[C@@H]32)Cc2cn(nn2)CCCC[C@@H](C(N)=O)CC1=O. The van der Waals surface area contributed by atoms with Gasteiger partial charge in [-0.25, -0.2) is 4.79 Å². The van der Waals surface area contributed by atoms with E-state index in [9.17, 15) is 38.7 Å². The van der Waals surface area contributed by atoms with Crippen LogP contribution in [0.3, 0.4) is 0 Å². The molecule has 0 aliphatic carbocycles. The second-order valence-electron chi connectivity index (χ2n) is 26.6. The highest BCUT2D eigenvalue weighted by atomic mass is 32.2. The molecule has 100 heavy (non-hydrogen) atoms. The summed E-state index contributed by atoms with van der Waals surface area (Å²) >= 11 is 1.87. The maximum Gasteiger partial charge on any atom is 0.315 e. The molecule has 1 aromatic heterocycles. The first-order chi connectivity index (χ1) is 48.2. The number of guanidine groups is 1. The Morgan fingerprint density at radius 2 is 1.22 bits per heavy atom. The molecule has 0 unspecified atom stereocenters. The van der Waals surface area contributed by atoms with E-state index in [0.717, 1.165) is 25.0 Å². The number of aromatic hydroxyl groups is 1. The second-order valence-corrected chi connectivity index (χ2v) is 27.9. The van der Waals surface area contributed by atoms with Crippen molar-refractivity contribution in [3.63, 3.8) is 0 Å². The molecule has 13 N–H and O–H groups in total. The van der Waals surface area contributed by atoms with E-state index in [1.807, 2.05) is 25.6 Å². The van der Waals surface area contributed by atoms with Gasteiger partial charge in [0.25, 0.3) is 0 Å². The summed E-state index contributed by atoms with van der Waals surface area (Å²) in [5, 5.41) is 36.7. The number of nitrogens with two attached hydrogens (primary N) is 3. The molecule has 2 saturated heterocycles. The van der Waals surface area contributed by atoms with Crippen LogP contribution in [0.5, 0.6) is 5.75 Å². The van der Waals surface area contributed by atoms with Gasteiger partial charge in [0, 0.05) is 100 Å². The fourth-order valence-corrected chi connectivity index (χ4v) is 14.1. The zero-order valence-corrected chi connectivity index (χ0v) is 58.3. The number of rotatable bonds is 32. The van der Waals surface area contributed by atoms with Crippen LogP contribution in [0, 0.1) is 23.7 Å². The number of nitrogens with zero attached hydrogens (tertiary/aromatic N) is 4. The summed E-state index contributed by atoms with van der Waals surface area (Å²) in [6.07, 6.45) is 6.08. The Morgan fingerprint density at radius 3 is 1.89 bits per heavy atom. The van der Waals surface area contributed by atoms with Crippen molar-refractivity contribution < 1.29 is 67.3 Å². The number of amides is 7. The van der Waals surface area contributed by atoms with Crippen molar-refractivity contribution >= 4 is 76.4 Å². The number of urea groups is 1. The first kappa shape index (κ1) is 78.7. The highest BCUT2D eigenvalue weighted by Gasteiger charge is 2.43. The number of hydrogen-bond acceptors (Lipinski definition) is 18. The molecule has 4 aromatic rings. The molecule has 10 atom stereocenters. The largest absolute Gasteiger partial charge is 0.508 e. The quantitative estimate of drug-likeness (QED) is 0.0144.